The van der Waals surface area contributed by atoms with Crippen LogP contribution >= 0.6 is 0 Å². The maximum absolute atomic E-state index is 12.7. The Morgan fingerprint density at radius 2 is 1.96 bits per heavy atom. The first-order chi connectivity index (χ1) is 11.3. The van der Waals surface area contributed by atoms with Crippen molar-refractivity contribution < 1.29 is 23.1 Å². The van der Waals surface area contributed by atoms with Crippen LogP contribution in [0.2, 0.25) is 0 Å². The number of carboxylic acid groups (broad SMARTS) is 1. The van der Waals surface area contributed by atoms with Crippen LogP contribution in [0.25, 0.3) is 0 Å². The minimum atomic E-state index is -3.69. The zero-order valence-corrected chi connectivity index (χ0v) is 14.2. The van der Waals surface area contributed by atoms with Gasteiger partial charge in [-0.1, -0.05) is 17.7 Å². The molecule has 0 unspecified atom stereocenters. The molecule has 1 fully saturated rings. The molecule has 2 amide bonds. The van der Waals surface area contributed by atoms with E-state index in [2.05, 4.69) is 10.6 Å². The predicted octanol–water partition coefficient (Wildman–Crippen LogP) is 0.880. The lowest BCUT2D eigenvalue weighted by atomic mass is 10.2. The van der Waals surface area contributed by atoms with E-state index in [1.54, 1.807) is 24.3 Å². The van der Waals surface area contributed by atoms with Crippen molar-refractivity contribution in [2.24, 2.45) is 0 Å². The van der Waals surface area contributed by atoms with Gasteiger partial charge in [0.25, 0.3) is 0 Å². The number of aryl methyl sites for hydroxylation is 1. The van der Waals surface area contributed by atoms with Crippen molar-refractivity contribution in [3.05, 3.63) is 29.8 Å². The molecule has 1 heterocycles. The Hall–Kier alpha value is -2.13. The second-order valence-electron chi connectivity index (χ2n) is 5.63. The molecule has 1 aromatic rings. The number of hydrogen-bond acceptors (Lipinski definition) is 4. The summed E-state index contributed by atoms with van der Waals surface area (Å²) in [5.74, 6) is -1.01. The van der Waals surface area contributed by atoms with Crippen LogP contribution in [0.5, 0.6) is 0 Å². The van der Waals surface area contributed by atoms with Crippen LogP contribution in [0.15, 0.2) is 29.2 Å². The van der Waals surface area contributed by atoms with E-state index in [1.165, 1.54) is 4.31 Å². The second kappa shape index (κ2) is 7.63. The first-order valence-electron chi connectivity index (χ1n) is 7.65. The number of benzene rings is 1. The molecule has 1 atom stereocenters. The van der Waals surface area contributed by atoms with Crippen molar-refractivity contribution in [1.29, 1.82) is 0 Å². The minimum absolute atomic E-state index is 0.0153. The molecule has 0 radical (unpaired) electrons. The molecule has 1 aliphatic heterocycles. The monoisotopic (exact) mass is 355 g/mol. The Morgan fingerprint density at radius 1 is 1.29 bits per heavy atom. The number of carbonyl (C=O) groups excluding carboxylic acids is 1. The summed E-state index contributed by atoms with van der Waals surface area (Å²) in [5.41, 5.74) is 0.961. The summed E-state index contributed by atoms with van der Waals surface area (Å²) in [5, 5.41) is 13.5. The van der Waals surface area contributed by atoms with Gasteiger partial charge in [-0.3, -0.25) is 4.79 Å². The molecule has 0 aliphatic carbocycles. The molecule has 9 heteroatoms. The van der Waals surface area contributed by atoms with E-state index in [1.807, 2.05) is 6.92 Å². The van der Waals surface area contributed by atoms with Crippen LogP contribution in [0.1, 0.15) is 24.8 Å². The summed E-state index contributed by atoms with van der Waals surface area (Å²) >= 11 is 0. The zero-order valence-electron chi connectivity index (χ0n) is 13.4. The smallest absolute Gasteiger partial charge is 0.316 e. The Morgan fingerprint density at radius 3 is 2.58 bits per heavy atom. The maximum Gasteiger partial charge on any atom is 0.316 e. The molecule has 1 aromatic carbocycles. The molecule has 0 aromatic heterocycles. The number of nitrogens with one attached hydrogen (secondary N) is 2. The predicted molar refractivity (Wildman–Crippen MR) is 86.9 cm³/mol. The number of nitrogens with zero attached hydrogens (tertiary/aromatic N) is 1. The van der Waals surface area contributed by atoms with Gasteiger partial charge in [-0.15, -0.1) is 0 Å². The van der Waals surface area contributed by atoms with Crippen LogP contribution in [0.3, 0.4) is 0 Å². The average molecular weight is 355 g/mol. The number of sulfonamides is 1. The highest BCUT2D eigenvalue weighted by molar-refractivity contribution is 7.89. The standard InChI is InChI=1S/C15H21N3O5S/c1-11-4-6-12(7-5-11)24(22,23)18-10-2-3-13(18)17-15(21)16-9-8-14(19)20/h4-7,13H,2-3,8-10H2,1H3,(H,19,20)(H2,16,17,21)/t13-/m0/s1. The van der Waals surface area contributed by atoms with E-state index in [9.17, 15) is 18.0 Å². The van der Waals surface area contributed by atoms with Crippen molar-refractivity contribution in [3.8, 4) is 0 Å². The van der Waals surface area contributed by atoms with Gasteiger partial charge in [0.2, 0.25) is 10.0 Å². The van der Waals surface area contributed by atoms with Crippen molar-refractivity contribution in [1.82, 2.24) is 14.9 Å². The number of amides is 2. The lowest BCUT2D eigenvalue weighted by molar-refractivity contribution is -0.136. The molecule has 132 valence electrons. The van der Waals surface area contributed by atoms with Crippen LogP contribution < -0.4 is 10.6 Å². The van der Waals surface area contributed by atoms with Crippen molar-refractivity contribution in [2.45, 2.75) is 37.2 Å². The maximum atomic E-state index is 12.7. The quantitative estimate of drug-likeness (QED) is 0.700. The number of hydrogen-bond donors (Lipinski definition) is 3. The Kier molecular flexibility index (Phi) is 5.79. The Bertz CT molecular complexity index is 702. The fourth-order valence-electron chi connectivity index (χ4n) is 2.50. The van der Waals surface area contributed by atoms with Crippen LogP contribution in [-0.2, 0) is 14.8 Å². The van der Waals surface area contributed by atoms with Gasteiger partial charge in [-0.2, -0.15) is 4.31 Å². The SMILES string of the molecule is Cc1ccc(S(=O)(=O)N2CCC[C@H]2NC(=O)NCCC(=O)O)cc1. The zero-order chi connectivity index (χ0) is 17.7. The van der Waals surface area contributed by atoms with E-state index in [4.69, 9.17) is 5.11 Å². The topological polar surface area (TPSA) is 116 Å². The molecule has 8 nitrogen and oxygen atoms in total. The van der Waals surface area contributed by atoms with Gasteiger partial charge in [0.05, 0.1) is 17.5 Å². The van der Waals surface area contributed by atoms with Crippen LogP contribution in [0, 0.1) is 6.92 Å². The molecule has 24 heavy (non-hydrogen) atoms. The average Bonchev–Trinajstić information content (AvgIpc) is 2.96. The number of aliphatic carboxylic acids is 1. The lowest BCUT2D eigenvalue weighted by Gasteiger charge is -2.25. The van der Waals surface area contributed by atoms with Gasteiger partial charge in [-0.25, -0.2) is 13.2 Å². The van der Waals surface area contributed by atoms with Crippen molar-refractivity contribution >= 4 is 22.0 Å². The fraction of sp³-hybridized carbons (Fsp3) is 0.467. The van der Waals surface area contributed by atoms with Crippen molar-refractivity contribution in [2.75, 3.05) is 13.1 Å². The third kappa shape index (κ3) is 4.45. The third-order valence-electron chi connectivity index (χ3n) is 3.75. The van der Waals surface area contributed by atoms with Crippen molar-refractivity contribution in [3.63, 3.8) is 0 Å². The van der Waals surface area contributed by atoms with Gasteiger partial charge < -0.3 is 15.7 Å². The molecular weight excluding hydrogens is 334 g/mol. The molecule has 0 saturated carbocycles. The summed E-state index contributed by atoms with van der Waals surface area (Å²) in [6.07, 6.45) is 0.327. The molecule has 0 spiro atoms. The highest BCUT2D eigenvalue weighted by Crippen LogP contribution is 2.24. The van der Waals surface area contributed by atoms with Gasteiger partial charge in [0.1, 0.15) is 0 Å². The number of carboxylic acids is 1. The lowest BCUT2D eigenvalue weighted by Crippen LogP contribution is -2.50. The molecule has 1 saturated heterocycles. The Labute approximate surface area is 140 Å². The van der Waals surface area contributed by atoms with Crippen LogP contribution in [-0.4, -0.2) is 49.1 Å². The molecule has 3 N–H and O–H groups in total. The van der Waals surface area contributed by atoms with Gasteiger partial charge >= 0.3 is 12.0 Å². The van der Waals surface area contributed by atoms with E-state index >= 15 is 0 Å². The molecular formula is C15H21N3O5S. The number of urea groups is 1. The van der Waals surface area contributed by atoms with Gasteiger partial charge in [0, 0.05) is 13.1 Å². The van der Waals surface area contributed by atoms with Gasteiger partial charge in [-0.05, 0) is 31.9 Å². The van der Waals surface area contributed by atoms with Gasteiger partial charge in [0.15, 0.2) is 0 Å². The Balaban J connectivity index is 2.03. The van der Waals surface area contributed by atoms with E-state index in [-0.39, 0.29) is 17.9 Å². The summed E-state index contributed by atoms with van der Waals surface area (Å²) < 4.78 is 26.7. The van der Waals surface area contributed by atoms with E-state index < -0.39 is 28.2 Å². The minimum Gasteiger partial charge on any atom is -0.481 e. The highest BCUT2D eigenvalue weighted by Gasteiger charge is 2.36. The molecule has 0 bridgehead atoms. The molecule has 1 aliphatic rings. The summed E-state index contributed by atoms with van der Waals surface area (Å²) in [4.78, 5) is 22.4. The first-order valence-corrected chi connectivity index (χ1v) is 9.09. The van der Waals surface area contributed by atoms with Crippen LogP contribution in [0.4, 0.5) is 4.79 Å². The summed E-state index contributed by atoms with van der Waals surface area (Å²) in [7, 11) is -3.69. The normalized spacial score (nSPS) is 18.3. The summed E-state index contributed by atoms with van der Waals surface area (Å²) in [6.45, 7) is 2.19. The van der Waals surface area contributed by atoms with E-state index in [0.29, 0.717) is 19.4 Å². The first kappa shape index (κ1) is 18.2. The number of carbonyl (C=O) groups is 2. The number of rotatable bonds is 6. The fourth-order valence-corrected chi connectivity index (χ4v) is 4.12. The highest BCUT2D eigenvalue weighted by atomic mass is 32.2. The van der Waals surface area contributed by atoms with E-state index in [0.717, 1.165) is 5.56 Å². The largest absolute Gasteiger partial charge is 0.481 e. The summed E-state index contributed by atoms with van der Waals surface area (Å²) in [6, 6.07) is 5.97. The third-order valence-corrected chi connectivity index (χ3v) is 5.68. The molecule has 2 rings (SSSR count). The second-order valence-corrected chi connectivity index (χ2v) is 7.52.